The standard InChI is InChI=1S/C20H22N4O3/c25-13-18-22-17-7-4-9-21-19(17)24(18)12-16-8-10-23(11-16)20(26)27-14-15-5-2-1-3-6-15/h1-7,9,16,25H,8,10-14H2. The second-order valence-electron chi connectivity index (χ2n) is 6.78. The number of fused-ring (bicyclic) bond motifs is 1. The fraction of sp³-hybridized carbons (Fsp3) is 0.350. The minimum Gasteiger partial charge on any atom is -0.445 e. The number of hydrogen-bond acceptors (Lipinski definition) is 5. The van der Waals surface area contributed by atoms with Crippen LogP contribution in [0.4, 0.5) is 4.79 Å². The fourth-order valence-corrected chi connectivity index (χ4v) is 3.53. The summed E-state index contributed by atoms with van der Waals surface area (Å²) in [6.45, 7) is 2.13. The highest BCUT2D eigenvalue weighted by molar-refractivity contribution is 5.71. The van der Waals surface area contributed by atoms with E-state index in [-0.39, 0.29) is 25.2 Å². The van der Waals surface area contributed by atoms with E-state index < -0.39 is 0 Å². The number of aliphatic hydroxyl groups excluding tert-OH is 1. The van der Waals surface area contributed by atoms with Crippen molar-refractivity contribution in [1.29, 1.82) is 0 Å². The molecule has 3 heterocycles. The van der Waals surface area contributed by atoms with Crippen molar-refractivity contribution in [3.05, 3.63) is 60.0 Å². The summed E-state index contributed by atoms with van der Waals surface area (Å²) in [4.78, 5) is 22.9. The lowest BCUT2D eigenvalue weighted by atomic mass is 10.1. The maximum atomic E-state index is 12.3. The lowest BCUT2D eigenvalue weighted by Gasteiger charge is -2.17. The highest BCUT2D eigenvalue weighted by Gasteiger charge is 2.28. The molecule has 1 atom stereocenters. The lowest BCUT2D eigenvalue weighted by molar-refractivity contribution is 0.103. The molecule has 27 heavy (non-hydrogen) atoms. The van der Waals surface area contributed by atoms with E-state index in [0.717, 1.165) is 23.1 Å². The zero-order chi connectivity index (χ0) is 18.6. The molecule has 4 rings (SSSR count). The predicted octanol–water partition coefficient (Wildman–Crippen LogP) is 2.58. The van der Waals surface area contributed by atoms with E-state index in [9.17, 15) is 9.90 Å². The second-order valence-corrected chi connectivity index (χ2v) is 6.78. The van der Waals surface area contributed by atoms with Crippen LogP contribution in [0, 0.1) is 5.92 Å². The summed E-state index contributed by atoms with van der Waals surface area (Å²) in [7, 11) is 0. The number of nitrogens with zero attached hydrogens (tertiary/aromatic N) is 4. The number of aliphatic hydroxyl groups is 1. The van der Waals surface area contributed by atoms with Crippen LogP contribution in [0.15, 0.2) is 48.7 Å². The normalized spacial score (nSPS) is 16.8. The molecule has 1 saturated heterocycles. The number of amides is 1. The van der Waals surface area contributed by atoms with Crippen molar-refractivity contribution >= 4 is 17.3 Å². The van der Waals surface area contributed by atoms with E-state index >= 15 is 0 Å². The summed E-state index contributed by atoms with van der Waals surface area (Å²) in [6.07, 6.45) is 2.33. The van der Waals surface area contributed by atoms with Crippen LogP contribution in [-0.2, 0) is 24.5 Å². The number of carbonyl (C=O) groups excluding carboxylic acids is 1. The molecule has 0 saturated carbocycles. The Hall–Kier alpha value is -2.93. The lowest BCUT2D eigenvalue weighted by Crippen LogP contribution is -2.30. The zero-order valence-electron chi connectivity index (χ0n) is 15.0. The highest BCUT2D eigenvalue weighted by Crippen LogP contribution is 2.23. The number of aromatic nitrogens is 3. The molecular formula is C20H22N4O3. The number of ether oxygens (including phenoxy) is 1. The average molecular weight is 366 g/mol. The molecule has 0 bridgehead atoms. The Labute approximate surface area is 157 Å². The van der Waals surface area contributed by atoms with E-state index in [4.69, 9.17) is 4.74 Å². The predicted molar refractivity (Wildman–Crippen MR) is 99.8 cm³/mol. The van der Waals surface area contributed by atoms with Crippen molar-refractivity contribution in [2.75, 3.05) is 13.1 Å². The summed E-state index contributed by atoms with van der Waals surface area (Å²) in [5.41, 5.74) is 2.52. The Morgan fingerprint density at radius 3 is 2.89 bits per heavy atom. The van der Waals surface area contributed by atoms with Crippen LogP contribution in [-0.4, -0.2) is 43.7 Å². The SMILES string of the molecule is O=C(OCc1ccccc1)N1CCC(Cn2c(CO)nc3cccnc32)C1. The fourth-order valence-electron chi connectivity index (χ4n) is 3.53. The van der Waals surface area contributed by atoms with Crippen LogP contribution in [0.1, 0.15) is 17.8 Å². The third-order valence-electron chi connectivity index (χ3n) is 4.91. The molecule has 0 aliphatic carbocycles. The van der Waals surface area contributed by atoms with Crippen molar-refractivity contribution in [3.8, 4) is 0 Å². The third kappa shape index (κ3) is 3.78. The third-order valence-corrected chi connectivity index (χ3v) is 4.91. The molecule has 1 unspecified atom stereocenters. The van der Waals surface area contributed by atoms with Gasteiger partial charge in [-0.2, -0.15) is 0 Å². The Morgan fingerprint density at radius 1 is 1.22 bits per heavy atom. The summed E-state index contributed by atoms with van der Waals surface area (Å²) in [6, 6.07) is 13.4. The van der Waals surface area contributed by atoms with Crippen LogP contribution in [0.2, 0.25) is 0 Å². The van der Waals surface area contributed by atoms with Gasteiger partial charge in [-0.05, 0) is 30.0 Å². The van der Waals surface area contributed by atoms with Gasteiger partial charge in [-0.25, -0.2) is 14.8 Å². The largest absolute Gasteiger partial charge is 0.445 e. The van der Waals surface area contributed by atoms with Crippen molar-refractivity contribution in [3.63, 3.8) is 0 Å². The first-order chi connectivity index (χ1) is 13.2. The van der Waals surface area contributed by atoms with Crippen molar-refractivity contribution in [2.45, 2.75) is 26.2 Å². The van der Waals surface area contributed by atoms with Gasteiger partial charge in [0.25, 0.3) is 0 Å². The zero-order valence-corrected chi connectivity index (χ0v) is 15.0. The Bertz CT molecular complexity index is 925. The van der Waals surface area contributed by atoms with E-state index in [0.29, 0.717) is 25.5 Å². The Kier molecular flexibility index (Phi) is 5.02. The number of rotatable bonds is 5. The quantitative estimate of drug-likeness (QED) is 0.751. The summed E-state index contributed by atoms with van der Waals surface area (Å²) in [5, 5.41) is 9.62. The van der Waals surface area contributed by atoms with Gasteiger partial charge in [0.05, 0.1) is 0 Å². The van der Waals surface area contributed by atoms with E-state index in [1.165, 1.54) is 0 Å². The molecule has 7 nitrogen and oxygen atoms in total. The van der Waals surface area contributed by atoms with Crippen LogP contribution in [0.3, 0.4) is 0 Å². The van der Waals surface area contributed by atoms with Crippen LogP contribution in [0.25, 0.3) is 11.2 Å². The molecule has 2 aromatic heterocycles. The minimum atomic E-state index is -0.280. The number of hydrogen-bond donors (Lipinski definition) is 1. The summed E-state index contributed by atoms with van der Waals surface area (Å²) in [5.74, 6) is 0.882. The van der Waals surface area contributed by atoms with Crippen LogP contribution in [0.5, 0.6) is 0 Å². The van der Waals surface area contributed by atoms with Gasteiger partial charge in [-0.3, -0.25) is 0 Å². The number of benzene rings is 1. The molecule has 7 heteroatoms. The first kappa shape index (κ1) is 17.5. The molecule has 1 aliphatic rings. The maximum Gasteiger partial charge on any atom is 0.410 e. The van der Waals surface area contributed by atoms with Gasteiger partial charge in [-0.15, -0.1) is 0 Å². The molecular weight excluding hydrogens is 344 g/mol. The van der Waals surface area contributed by atoms with Crippen molar-refractivity contribution in [1.82, 2.24) is 19.4 Å². The number of likely N-dealkylation sites (tertiary alicyclic amines) is 1. The van der Waals surface area contributed by atoms with Gasteiger partial charge >= 0.3 is 6.09 Å². The van der Waals surface area contributed by atoms with Crippen LogP contribution >= 0.6 is 0 Å². The van der Waals surface area contributed by atoms with E-state index in [1.807, 2.05) is 47.0 Å². The van der Waals surface area contributed by atoms with Crippen LogP contribution < -0.4 is 0 Å². The topological polar surface area (TPSA) is 80.5 Å². The average Bonchev–Trinajstić information content (AvgIpc) is 3.32. The molecule has 1 aliphatic heterocycles. The highest BCUT2D eigenvalue weighted by atomic mass is 16.6. The van der Waals surface area contributed by atoms with E-state index in [2.05, 4.69) is 9.97 Å². The Balaban J connectivity index is 1.38. The van der Waals surface area contributed by atoms with Gasteiger partial charge in [0, 0.05) is 25.8 Å². The molecule has 140 valence electrons. The first-order valence-electron chi connectivity index (χ1n) is 9.11. The number of imidazole rings is 1. The van der Waals surface area contributed by atoms with Gasteiger partial charge < -0.3 is 19.3 Å². The Morgan fingerprint density at radius 2 is 2.07 bits per heavy atom. The molecule has 3 aromatic rings. The molecule has 1 N–H and O–H groups in total. The molecule has 1 amide bonds. The molecule has 0 radical (unpaired) electrons. The van der Waals surface area contributed by atoms with Gasteiger partial charge in [0.1, 0.15) is 24.6 Å². The number of pyridine rings is 1. The summed E-state index contributed by atoms with van der Waals surface area (Å²) >= 11 is 0. The van der Waals surface area contributed by atoms with Gasteiger partial charge in [-0.1, -0.05) is 30.3 Å². The monoisotopic (exact) mass is 366 g/mol. The number of carbonyl (C=O) groups is 1. The summed E-state index contributed by atoms with van der Waals surface area (Å²) < 4.78 is 7.38. The smallest absolute Gasteiger partial charge is 0.410 e. The first-order valence-corrected chi connectivity index (χ1v) is 9.11. The van der Waals surface area contributed by atoms with Gasteiger partial charge in [0.2, 0.25) is 0 Å². The van der Waals surface area contributed by atoms with Crippen molar-refractivity contribution < 1.29 is 14.6 Å². The van der Waals surface area contributed by atoms with Gasteiger partial charge in [0.15, 0.2) is 5.65 Å². The minimum absolute atomic E-state index is 0.133. The molecule has 1 aromatic carbocycles. The maximum absolute atomic E-state index is 12.3. The van der Waals surface area contributed by atoms with E-state index in [1.54, 1.807) is 11.1 Å². The molecule has 1 fully saturated rings. The van der Waals surface area contributed by atoms with Crippen molar-refractivity contribution in [2.24, 2.45) is 5.92 Å². The second kappa shape index (κ2) is 7.75. The molecule has 0 spiro atoms.